The Morgan fingerprint density at radius 2 is 1.90 bits per heavy atom. The summed E-state index contributed by atoms with van der Waals surface area (Å²) in [6.07, 6.45) is 0.976. The monoisotopic (exact) mass is 350 g/mol. The molecular formula is C16H16BrFN2O. The lowest BCUT2D eigenvalue weighted by atomic mass is 10.1. The van der Waals surface area contributed by atoms with Crippen LogP contribution in [0, 0.1) is 5.82 Å². The Morgan fingerprint density at radius 1 is 1.19 bits per heavy atom. The summed E-state index contributed by atoms with van der Waals surface area (Å²) in [6.45, 7) is 2.17. The third-order valence-electron chi connectivity index (χ3n) is 3.02. The minimum atomic E-state index is -0.468. The van der Waals surface area contributed by atoms with Gasteiger partial charge in [0.15, 0.2) is 0 Å². The maximum atomic E-state index is 13.6. The first-order valence-corrected chi connectivity index (χ1v) is 7.45. The van der Waals surface area contributed by atoms with Crippen molar-refractivity contribution in [3.05, 3.63) is 58.3 Å². The molecule has 0 fully saturated rings. The Labute approximate surface area is 131 Å². The largest absolute Gasteiger partial charge is 0.376 e. The predicted molar refractivity (Wildman–Crippen MR) is 87.0 cm³/mol. The van der Waals surface area contributed by atoms with Crippen LogP contribution >= 0.6 is 15.9 Å². The highest BCUT2D eigenvalue weighted by Crippen LogP contribution is 2.19. The van der Waals surface area contributed by atoms with Crippen LogP contribution in [0.4, 0.5) is 15.8 Å². The molecule has 0 bridgehead atoms. The fourth-order valence-electron chi connectivity index (χ4n) is 1.83. The number of benzene rings is 2. The number of carbonyl (C=O) groups is 1. The molecule has 0 aliphatic rings. The summed E-state index contributed by atoms with van der Waals surface area (Å²) >= 11 is 3.17. The maximum absolute atomic E-state index is 13.6. The molecule has 3 nitrogen and oxygen atoms in total. The van der Waals surface area contributed by atoms with Crippen LogP contribution in [0.3, 0.4) is 0 Å². The molecule has 0 saturated carbocycles. The molecule has 0 aromatic heterocycles. The first-order valence-electron chi connectivity index (χ1n) is 6.66. The molecule has 0 heterocycles. The lowest BCUT2D eigenvalue weighted by molar-refractivity contribution is -0.114. The van der Waals surface area contributed by atoms with E-state index in [1.807, 2.05) is 24.3 Å². The van der Waals surface area contributed by atoms with Crippen LogP contribution in [0.5, 0.6) is 0 Å². The Bertz CT molecular complexity index is 629. The SMILES string of the molecule is CCc1ccc(NCC(=O)Nc2ccc(Br)cc2F)cc1. The Kier molecular flexibility index (Phi) is 5.33. The lowest BCUT2D eigenvalue weighted by Crippen LogP contribution is -2.22. The van der Waals surface area contributed by atoms with E-state index in [4.69, 9.17) is 0 Å². The van der Waals surface area contributed by atoms with Crippen LogP contribution < -0.4 is 10.6 Å². The Balaban J connectivity index is 1.89. The molecule has 0 radical (unpaired) electrons. The smallest absolute Gasteiger partial charge is 0.243 e. The number of amides is 1. The van der Waals surface area contributed by atoms with E-state index in [2.05, 4.69) is 33.5 Å². The van der Waals surface area contributed by atoms with E-state index in [9.17, 15) is 9.18 Å². The molecule has 2 aromatic carbocycles. The van der Waals surface area contributed by atoms with Crippen molar-refractivity contribution < 1.29 is 9.18 Å². The third-order valence-corrected chi connectivity index (χ3v) is 3.51. The number of rotatable bonds is 5. The molecule has 1 amide bonds. The van der Waals surface area contributed by atoms with Crippen molar-refractivity contribution in [1.82, 2.24) is 0 Å². The van der Waals surface area contributed by atoms with Gasteiger partial charge >= 0.3 is 0 Å². The van der Waals surface area contributed by atoms with Crippen LogP contribution in [0.15, 0.2) is 46.9 Å². The van der Waals surface area contributed by atoms with Gasteiger partial charge in [0.1, 0.15) is 5.82 Å². The van der Waals surface area contributed by atoms with Crippen LogP contribution in [0.25, 0.3) is 0 Å². The molecule has 5 heteroatoms. The highest BCUT2D eigenvalue weighted by Gasteiger charge is 2.07. The van der Waals surface area contributed by atoms with Crippen molar-refractivity contribution in [2.24, 2.45) is 0 Å². The summed E-state index contributed by atoms with van der Waals surface area (Å²) in [5.74, 6) is -0.763. The summed E-state index contributed by atoms with van der Waals surface area (Å²) in [6, 6.07) is 12.4. The molecule has 21 heavy (non-hydrogen) atoms. The van der Waals surface area contributed by atoms with Crippen molar-refractivity contribution >= 4 is 33.2 Å². The molecule has 0 atom stereocenters. The standard InChI is InChI=1S/C16H16BrFN2O/c1-2-11-3-6-13(7-4-11)19-10-16(21)20-15-8-5-12(17)9-14(15)18/h3-9,19H,2,10H2,1H3,(H,20,21). The van der Waals surface area contributed by atoms with E-state index >= 15 is 0 Å². The van der Waals surface area contributed by atoms with Crippen LogP contribution in [0.2, 0.25) is 0 Å². The summed E-state index contributed by atoms with van der Waals surface area (Å²) in [5, 5.41) is 5.54. The number of nitrogens with one attached hydrogen (secondary N) is 2. The van der Waals surface area contributed by atoms with Gasteiger partial charge in [0.2, 0.25) is 5.91 Å². The van der Waals surface area contributed by atoms with Crippen molar-refractivity contribution in [1.29, 1.82) is 0 Å². The van der Waals surface area contributed by atoms with Gasteiger partial charge in [-0.15, -0.1) is 0 Å². The highest BCUT2D eigenvalue weighted by atomic mass is 79.9. The molecular weight excluding hydrogens is 335 g/mol. The normalized spacial score (nSPS) is 10.2. The van der Waals surface area contributed by atoms with E-state index in [1.54, 1.807) is 6.07 Å². The minimum Gasteiger partial charge on any atom is -0.376 e. The number of aryl methyl sites for hydroxylation is 1. The second-order valence-electron chi connectivity index (χ2n) is 4.58. The van der Waals surface area contributed by atoms with Gasteiger partial charge in [-0.1, -0.05) is 35.0 Å². The average Bonchev–Trinajstić information content (AvgIpc) is 2.48. The van der Waals surface area contributed by atoms with Gasteiger partial charge in [0.05, 0.1) is 12.2 Å². The Hall–Kier alpha value is -1.88. The zero-order valence-electron chi connectivity index (χ0n) is 11.6. The van der Waals surface area contributed by atoms with Crippen LogP contribution in [-0.4, -0.2) is 12.5 Å². The molecule has 110 valence electrons. The van der Waals surface area contributed by atoms with E-state index in [-0.39, 0.29) is 18.1 Å². The zero-order chi connectivity index (χ0) is 15.2. The van der Waals surface area contributed by atoms with E-state index < -0.39 is 5.82 Å². The topological polar surface area (TPSA) is 41.1 Å². The van der Waals surface area contributed by atoms with Gasteiger partial charge in [0, 0.05) is 10.2 Å². The van der Waals surface area contributed by atoms with Crippen molar-refractivity contribution in [3.63, 3.8) is 0 Å². The summed E-state index contributed by atoms with van der Waals surface area (Å²) in [7, 11) is 0. The first-order chi connectivity index (χ1) is 10.1. The second kappa shape index (κ2) is 7.22. The fourth-order valence-corrected chi connectivity index (χ4v) is 2.16. The van der Waals surface area contributed by atoms with Gasteiger partial charge in [-0.3, -0.25) is 4.79 Å². The molecule has 0 unspecified atom stereocenters. The molecule has 0 aliphatic carbocycles. The maximum Gasteiger partial charge on any atom is 0.243 e. The fraction of sp³-hybridized carbons (Fsp3) is 0.188. The average molecular weight is 351 g/mol. The summed E-state index contributed by atoms with van der Waals surface area (Å²) in [5.41, 5.74) is 2.27. The lowest BCUT2D eigenvalue weighted by Gasteiger charge is -2.09. The number of anilines is 2. The molecule has 2 rings (SSSR count). The van der Waals surface area contributed by atoms with Crippen molar-refractivity contribution in [2.45, 2.75) is 13.3 Å². The highest BCUT2D eigenvalue weighted by molar-refractivity contribution is 9.10. The van der Waals surface area contributed by atoms with Crippen LogP contribution in [-0.2, 0) is 11.2 Å². The number of hydrogen-bond donors (Lipinski definition) is 2. The minimum absolute atomic E-state index is 0.0843. The van der Waals surface area contributed by atoms with Gasteiger partial charge in [-0.25, -0.2) is 4.39 Å². The van der Waals surface area contributed by atoms with E-state index in [0.29, 0.717) is 4.47 Å². The van der Waals surface area contributed by atoms with E-state index in [1.165, 1.54) is 17.7 Å². The zero-order valence-corrected chi connectivity index (χ0v) is 13.2. The van der Waals surface area contributed by atoms with Gasteiger partial charge in [0.25, 0.3) is 0 Å². The molecule has 0 spiro atoms. The van der Waals surface area contributed by atoms with E-state index in [0.717, 1.165) is 12.1 Å². The second-order valence-corrected chi connectivity index (χ2v) is 5.49. The number of halogens is 2. The Morgan fingerprint density at radius 3 is 2.52 bits per heavy atom. The summed E-state index contributed by atoms with van der Waals surface area (Å²) in [4.78, 5) is 11.8. The van der Waals surface area contributed by atoms with Gasteiger partial charge in [-0.05, 0) is 42.3 Å². The third kappa shape index (κ3) is 4.56. The molecule has 2 aromatic rings. The molecule has 2 N–H and O–H groups in total. The van der Waals surface area contributed by atoms with Crippen molar-refractivity contribution in [2.75, 3.05) is 17.2 Å². The first kappa shape index (κ1) is 15.5. The van der Waals surface area contributed by atoms with Gasteiger partial charge < -0.3 is 10.6 Å². The quantitative estimate of drug-likeness (QED) is 0.848. The number of carbonyl (C=O) groups excluding carboxylic acids is 1. The molecule has 0 saturated heterocycles. The molecule has 0 aliphatic heterocycles. The van der Waals surface area contributed by atoms with Gasteiger partial charge in [-0.2, -0.15) is 0 Å². The predicted octanol–water partition coefficient (Wildman–Crippen LogP) is 4.20. The van der Waals surface area contributed by atoms with Crippen LogP contribution in [0.1, 0.15) is 12.5 Å². The number of hydrogen-bond acceptors (Lipinski definition) is 2. The van der Waals surface area contributed by atoms with Crippen molar-refractivity contribution in [3.8, 4) is 0 Å². The summed E-state index contributed by atoms with van der Waals surface area (Å²) < 4.78 is 14.2.